The zero-order valence-corrected chi connectivity index (χ0v) is 13.8. The van der Waals surface area contributed by atoms with E-state index in [2.05, 4.69) is 5.32 Å². The molecular formula is C19H22N2O3. The number of methoxy groups -OCH3 is 1. The van der Waals surface area contributed by atoms with Crippen molar-refractivity contribution in [3.63, 3.8) is 0 Å². The maximum atomic E-state index is 12.5. The Hall–Kier alpha value is -2.53. The van der Waals surface area contributed by atoms with Gasteiger partial charge in [0.05, 0.1) is 20.3 Å². The van der Waals surface area contributed by atoms with Gasteiger partial charge in [-0.3, -0.25) is 0 Å². The summed E-state index contributed by atoms with van der Waals surface area (Å²) in [4.78, 5) is 14.3. The lowest BCUT2D eigenvalue weighted by Crippen LogP contribution is -2.46. The fourth-order valence-electron chi connectivity index (χ4n) is 2.83. The van der Waals surface area contributed by atoms with E-state index < -0.39 is 0 Å². The van der Waals surface area contributed by atoms with E-state index in [1.165, 1.54) is 0 Å². The lowest BCUT2D eigenvalue weighted by Gasteiger charge is -2.33. The average molecular weight is 326 g/mol. The summed E-state index contributed by atoms with van der Waals surface area (Å²) in [7, 11) is 1.63. The number of carbonyl (C=O) groups excluding carboxylic acids is 1. The molecule has 1 atom stereocenters. The molecule has 5 nitrogen and oxygen atoms in total. The van der Waals surface area contributed by atoms with Crippen LogP contribution in [0, 0.1) is 0 Å². The number of para-hydroxylation sites is 1. The molecule has 1 N–H and O–H groups in total. The van der Waals surface area contributed by atoms with Crippen LogP contribution in [-0.2, 0) is 11.3 Å². The monoisotopic (exact) mass is 326 g/mol. The summed E-state index contributed by atoms with van der Waals surface area (Å²) in [6, 6.07) is 17.6. The predicted molar refractivity (Wildman–Crippen MR) is 91.9 cm³/mol. The minimum absolute atomic E-state index is 0.0723. The van der Waals surface area contributed by atoms with Crippen LogP contribution < -0.4 is 10.1 Å². The third kappa shape index (κ3) is 3.86. The first kappa shape index (κ1) is 16.3. The summed E-state index contributed by atoms with van der Waals surface area (Å²) in [5.74, 6) is 0.780. The maximum absolute atomic E-state index is 12.5. The van der Waals surface area contributed by atoms with Crippen molar-refractivity contribution < 1.29 is 14.3 Å². The topological polar surface area (TPSA) is 50.8 Å². The van der Waals surface area contributed by atoms with Crippen LogP contribution in [0.3, 0.4) is 0 Å². The van der Waals surface area contributed by atoms with Gasteiger partial charge < -0.3 is 19.7 Å². The van der Waals surface area contributed by atoms with Crippen LogP contribution in [-0.4, -0.2) is 37.7 Å². The SMILES string of the molecule is COc1ccccc1CNC(=O)N1CCO[C@@H](c2ccccc2)C1. The van der Waals surface area contributed by atoms with E-state index in [1.54, 1.807) is 12.0 Å². The molecule has 126 valence electrons. The number of rotatable bonds is 4. The highest BCUT2D eigenvalue weighted by Gasteiger charge is 2.25. The van der Waals surface area contributed by atoms with Crippen molar-refractivity contribution in [1.82, 2.24) is 10.2 Å². The second-order valence-corrected chi connectivity index (χ2v) is 5.69. The van der Waals surface area contributed by atoms with Crippen LogP contribution in [0.1, 0.15) is 17.2 Å². The molecule has 2 aromatic carbocycles. The van der Waals surface area contributed by atoms with Gasteiger partial charge in [-0.2, -0.15) is 0 Å². The van der Waals surface area contributed by atoms with Crippen molar-refractivity contribution in [2.45, 2.75) is 12.6 Å². The average Bonchev–Trinajstić information content (AvgIpc) is 2.67. The van der Waals surface area contributed by atoms with Crippen molar-refractivity contribution >= 4 is 6.03 Å². The molecule has 0 aliphatic carbocycles. The Bertz CT molecular complexity index is 675. The highest BCUT2D eigenvalue weighted by atomic mass is 16.5. The number of hydrogen-bond acceptors (Lipinski definition) is 3. The first-order chi connectivity index (χ1) is 11.8. The largest absolute Gasteiger partial charge is 0.496 e. The van der Waals surface area contributed by atoms with E-state index in [0.717, 1.165) is 16.9 Å². The molecule has 24 heavy (non-hydrogen) atoms. The van der Waals surface area contributed by atoms with E-state index in [-0.39, 0.29) is 12.1 Å². The molecule has 1 saturated heterocycles. The Labute approximate surface area is 142 Å². The van der Waals surface area contributed by atoms with E-state index in [1.807, 2.05) is 54.6 Å². The van der Waals surface area contributed by atoms with Gasteiger partial charge in [0.25, 0.3) is 0 Å². The fraction of sp³-hybridized carbons (Fsp3) is 0.316. The molecule has 0 bridgehead atoms. The van der Waals surface area contributed by atoms with Crippen LogP contribution in [0.25, 0.3) is 0 Å². The number of urea groups is 1. The number of ether oxygens (including phenoxy) is 2. The fourth-order valence-corrected chi connectivity index (χ4v) is 2.83. The molecule has 5 heteroatoms. The summed E-state index contributed by atoms with van der Waals surface area (Å²) in [5.41, 5.74) is 2.06. The van der Waals surface area contributed by atoms with E-state index in [0.29, 0.717) is 26.2 Å². The molecule has 1 aliphatic heterocycles. The highest BCUT2D eigenvalue weighted by Crippen LogP contribution is 2.22. The Kier molecular flexibility index (Phi) is 5.33. The van der Waals surface area contributed by atoms with Crippen molar-refractivity contribution in [3.8, 4) is 5.75 Å². The van der Waals surface area contributed by atoms with Gasteiger partial charge in [0.1, 0.15) is 11.9 Å². The molecule has 1 aliphatic rings. The second-order valence-electron chi connectivity index (χ2n) is 5.69. The zero-order valence-electron chi connectivity index (χ0n) is 13.8. The molecule has 0 aromatic heterocycles. The molecule has 0 unspecified atom stereocenters. The van der Waals surface area contributed by atoms with Gasteiger partial charge in [-0.1, -0.05) is 48.5 Å². The van der Waals surface area contributed by atoms with Gasteiger partial charge in [-0.05, 0) is 11.6 Å². The molecule has 3 rings (SSSR count). The van der Waals surface area contributed by atoms with E-state index in [9.17, 15) is 4.79 Å². The number of amides is 2. The minimum Gasteiger partial charge on any atom is -0.496 e. The Morgan fingerprint density at radius 3 is 2.75 bits per heavy atom. The lowest BCUT2D eigenvalue weighted by atomic mass is 10.1. The van der Waals surface area contributed by atoms with Gasteiger partial charge in [-0.15, -0.1) is 0 Å². The van der Waals surface area contributed by atoms with Gasteiger partial charge in [0, 0.05) is 18.7 Å². The first-order valence-corrected chi connectivity index (χ1v) is 8.09. The van der Waals surface area contributed by atoms with Crippen molar-refractivity contribution in [3.05, 3.63) is 65.7 Å². The molecular weight excluding hydrogens is 304 g/mol. The van der Waals surface area contributed by atoms with Gasteiger partial charge in [-0.25, -0.2) is 4.79 Å². The lowest BCUT2D eigenvalue weighted by molar-refractivity contribution is -0.0154. The standard InChI is InChI=1S/C19H22N2O3/c1-23-17-10-6-5-9-16(17)13-20-19(22)21-11-12-24-18(14-21)15-7-3-2-4-8-15/h2-10,18H,11-14H2,1H3,(H,20,22)/t18-/m1/s1. The molecule has 0 saturated carbocycles. The van der Waals surface area contributed by atoms with Gasteiger partial charge in [0.2, 0.25) is 0 Å². The van der Waals surface area contributed by atoms with Gasteiger partial charge in [0.15, 0.2) is 0 Å². The Balaban J connectivity index is 1.58. The maximum Gasteiger partial charge on any atom is 0.317 e. The highest BCUT2D eigenvalue weighted by molar-refractivity contribution is 5.74. The van der Waals surface area contributed by atoms with Crippen molar-refractivity contribution in [1.29, 1.82) is 0 Å². The third-order valence-corrected chi connectivity index (χ3v) is 4.15. The number of benzene rings is 2. The normalized spacial score (nSPS) is 17.4. The number of morpholine rings is 1. The zero-order chi connectivity index (χ0) is 16.8. The van der Waals surface area contributed by atoms with Crippen molar-refractivity contribution in [2.75, 3.05) is 26.8 Å². The van der Waals surface area contributed by atoms with E-state index in [4.69, 9.17) is 9.47 Å². The van der Waals surface area contributed by atoms with Crippen LogP contribution in [0.2, 0.25) is 0 Å². The summed E-state index contributed by atoms with van der Waals surface area (Å²) in [6.07, 6.45) is -0.0723. The van der Waals surface area contributed by atoms with Crippen LogP contribution in [0.15, 0.2) is 54.6 Å². The third-order valence-electron chi connectivity index (χ3n) is 4.15. The number of hydrogen-bond donors (Lipinski definition) is 1. The molecule has 2 amide bonds. The molecule has 2 aromatic rings. The summed E-state index contributed by atoms with van der Waals surface area (Å²) < 4.78 is 11.1. The Morgan fingerprint density at radius 1 is 1.21 bits per heavy atom. The van der Waals surface area contributed by atoms with E-state index >= 15 is 0 Å². The first-order valence-electron chi connectivity index (χ1n) is 8.09. The van der Waals surface area contributed by atoms with Gasteiger partial charge >= 0.3 is 6.03 Å². The summed E-state index contributed by atoms with van der Waals surface area (Å²) in [6.45, 7) is 2.14. The number of carbonyl (C=O) groups is 1. The number of nitrogens with zero attached hydrogens (tertiary/aromatic N) is 1. The van der Waals surface area contributed by atoms with Crippen molar-refractivity contribution in [2.24, 2.45) is 0 Å². The summed E-state index contributed by atoms with van der Waals surface area (Å²) >= 11 is 0. The predicted octanol–water partition coefficient (Wildman–Crippen LogP) is 2.98. The van der Waals surface area contributed by atoms with Crippen LogP contribution in [0.4, 0.5) is 4.79 Å². The molecule has 1 heterocycles. The van der Waals surface area contributed by atoms with Crippen LogP contribution >= 0.6 is 0 Å². The smallest absolute Gasteiger partial charge is 0.317 e. The summed E-state index contributed by atoms with van der Waals surface area (Å²) in [5, 5.41) is 2.97. The molecule has 1 fully saturated rings. The number of nitrogens with one attached hydrogen (secondary N) is 1. The van der Waals surface area contributed by atoms with Crippen LogP contribution in [0.5, 0.6) is 5.75 Å². The minimum atomic E-state index is -0.0786. The quantitative estimate of drug-likeness (QED) is 0.940. The molecule has 0 spiro atoms. The second kappa shape index (κ2) is 7.84. The Morgan fingerprint density at radius 2 is 1.96 bits per heavy atom. The molecule has 0 radical (unpaired) electrons.